The topological polar surface area (TPSA) is 93.3 Å². The molecule has 1 unspecified atom stereocenters. The van der Waals surface area contributed by atoms with Gasteiger partial charge < -0.3 is 19.8 Å². The first kappa shape index (κ1) is 21.1. The molecule has 0 spiro atoms. The molecule has 1 amide bonds. The van der Waals surface area contributed by atoms with Crippen molar-refractivity contribution in [2.24, 2.45) is 0 Å². The Labute approximate surface area is 185 Å². The summed E-state index contributed by atoms with van der Waals surface area (Å²) in [6, 6.07) is 21.9. The Balaban J connectivity index is 1.45. The average molecular weight is 429 g/mol. The standard InChI is InChI=1S/C25H23N3O4/c1-3-31-22-12-8-7-11-20(22)28-24(29)16(2)32-25(30)18-13-14-19-21(15-18)27-23(26-19)17-9-5-4-6-10-17/h4-16H,3H2,1-2H3,(H,26,27)(H,28,29). The van der Waals surface area contributed by atoms with E-state index in [-0.39, 0.29) is 0 Å². The number of rotatable bonds is 7. The van der Waals surface area contributed by atoms with Crippen LogP contribution in [0.3, 0.4) is 0 Å². The van der Waals surface area contributed by atoms with Crippen LogP contribution in [0.2, 0.25) is 0 Å². The normalized spacial score (nSPS) is 11.7. The van der Waals surface area contributed by atoms with Crippen molar-refractivity contribution in [1.82, 2.24) is 9.97 Å². The maximum absolute atomic E-state index is 12.6. The number of nitrogens with one attached hydrogen (secondary N) is 2. The number of fused-ring (bicyclic) bond motifs is 1. The number of carbonyl (C=O) groups is 2. The Hall–Kier alpha value is -4.13. The lowest BCUT2D eigenvalue weighted by atomic mass is 10.2. The molecule has 7 heteroatoms. The molecule has 1 aromatic heterocycles. The van der Waals surface area contributed by atoms with Gasteiger partial charge in [0.15, 0.2) is 6.10 Å². The summed E-state index contributed by atoms with van der Waals surface area (Å²) in [5.74, 6) is 0.232. The van der Waals surface area contributed by atoms with Crippen LogP contribution in [0.25, 0.3) is 22.4 Å². The molecule has 4 rings (SSSR count). The number of anilines is 1. The Kier molecular flexibility index (Phi) is 6.17. The second-order valence-electron chi connectivity index (χ2n) is 7.15. The molecule has 7 nitrogen and oxygen atoms in total. The minimum atomic E-state index is -0.991. The number of nitrogens with zero attached hydrogens (tertiary/aromatic N) is 1. The third-order valence-corrected chi connectivity index (χ3v) is 4.86. The first-order valence-corrected chi connectivity index (χ1v) is 10.3. The number of amides is 1. The number of benzene rings is 3. The van der Waals surface area contributed by atoms with E-state index in [0.717, 1.165) is 11.1 Å². The molecule has 4 aromatic rings. The van der Waals surface area contributed by atoms with Crippen molar-refractivity contribution in [3.63, 3.8) is 0 Å². The second-order valence-corrected chi connectivity index (χ2v) is 7.15. The number of ether oxygens (including phenoxy) is 2. The number of aromatic amines is 1. The molecule has 0 saturated carbocycles. The molecule has 1 atom stereocenters. The Morgan fingerprint density at radius 1 is 1.03 bits per heavy atom. The quantitative estimate of drug-likeness (QED) is 0.411. The van der Waals surface area contributed by atoms with Crippen LogP contribution in [-0.2, 0) is 9.53 Å². The minimum absolute atomic E-state index is 0.329. The molecular weight excluding hydrogens is 406 g/mol. The van der Waals surface area contributed by atoms with E-state index in [1.807, 2.05) is 43.3 Å². The van der Waals surface area contributed by atoms with Gasteiger partial charge in [0.2, 0.25) is 0 Å². The van der Waals surface area contributed by atoms with E-state index < -0.39 is 18.0 Å². The third kappa shape index (κ3) is 4.62. The largest absolute Gasteiger partial charge is 0.492 e. The van der Waals surface area contributed by atoms with Crippen molar-refractivity contribution >= 4 is 28.6 Å². The van der Waals surface area contributed by atoms with Crippen LogP contribution in [0, 0.1) is 0 Å². The number of H-pyrrole nitrogens is 1. The van der Waals surface area contributed by atoms with Crippen molar-refractivity contribution in [3.8, 4) is 17.1 Å². The molecule has 162 valence electrons. The summed E-state index contributed by atoms with van der Waals surface area (Å²) in [6.45, 7) is 3.86. The lowest BCUT2D eigenvalue weighted by molar-refractivity contribution is -0.123. The Bertz CT molecular complexity index is 1250. The summed E-state index contributed by atoms with van der Waals surface area (Å²) < 4.78 is 10.9. The number of hydrogen-bond donors (Lipinski definition) is 2. The summed E-state index contributed by atoms with van der Waals surface area (Å²) in [4.78, 5) is 33.0. The number of carbonyl (C=O) groups excluding carboxylic acids is 2. The first-order valence-electron chi connectivity index (χ1n) is 10.3. The molecule has 2 N–H and O–H groups in total. The minimum Gasteiger partial charge on any atom is -0.492 e. The van der Waals surface area contributed by atoms with Crippen molar-refractivity contribution < 1.29 is 19.1 Å². The van der Waals surface area contributed by atoms with E-state index in [1.54, 1.807) is 36.4 Å². The van der Waals surface area contributed by atoms with Gasteiger partial charge in [0.05, 0.1) is 28.9 Å². The van der Waals surface area contributed by atoms with Gasteiger partial charge in [-0.25, -0.2) is 9.78 Å². The fourth-order valence-electron chi connectivity index (χ4n) is 3.24. The van der Waals surface area contributed by atoms with Gasteiger partial charge in [-0.2, -0.15) is 0 Å². The van der Waals surface area contributed by atoms with Crippen molar-refractivity contribution in [1.29, 1.82) is 0 Å². The fraction of sp³-hybridized carbons (Fsp3) is 0.160. The van der Waals surface area contributed by atoms with Crippen molar-refractivity contribution in [2.45, 2.75) is 20.0 Å². The second kappa shape index (κ2) is 9.34. The van der Waals surface area contributed by atoms with Crippen LogP contribution < -0.4 is 10.1 Å². The molecule has 1 heterocycles. The van der Waals surface area contributed by atoms with Gasteiger partial charge in [0.25, 0.3) is 5.91 Å². The monoisotopic (exact) mass is 429 g/mol. The molecule has 0 aliphatic rings. The molecule has 0 aliphatic heterocycles. The lowest BCUT2D eigenvalue weighted by Crippen LogP contribution is -2.30. The lowest BCUT2D eigenvalue weighted by Gasteiger charge is -2.15. The van der Waals surface area contributed by atoms with Gasteiger partial charge in [-0.1, -0.05) is 42.5 Å². The van der Waals surface area contributed by atoms with E-state index >= 15 is 0 Å². The van der Waals surface area contributed by atoms with Gasteiger partial charge >= 0.3 is 5.97 Å². The van der Waals surface area contributed by atoms with E-state index in [2.05, 4.69) is 15.3 Å². The van der Waals surface area contributed by atoms with Gasteiger partial charge in [0, 0.05) is 5.56 Å². The SMILES string of the molecule is CCOc1ccccc1NC(=O)C(C)OC(=O)c1ccc2nc(-c3ccccc3)[nH]c2c1. The third-order valence-electron chi connectivity index (χ3n) is 4.86. The number of aromatic nitrogens is 2. The number of hydrogen-bond acceptors (Lipinski definition) is 5. The smallest absolute Gasteiger partial charge is 0.338 e. The molecule has 0 fully saturated rings. The van der Waals surface area contributed by atoms with Crippen molar-refractivity contribution in [2.75, 3.05) is 11.9 Å². The van der Waals surface area contributed by atoms with Gasteiger partial charge in [-0.05, 0) is 44.2 Å². The average Bonchev–Trinajstić information content (AvgIpc) is 3.24. The molecule has 0 saturated heterocycles. The molecule has 32 heavy (non-hydrogen) atoms. The van der Waals surface area contributed by atoms with Crippen LogP contribution in [0.1, 0.15) is 24.2 Å². The highest BCUT2D eigenvalue weighted by Gasteiger charge is 2.21. The predicted molar refractivity (Wildman–Crippen MR) is 123 cm³/mol. The molecular formula is C25H23N3O4. The first-order chi connectivity index (χ1) is 15.5. The zero-order valence-corrected chi connectivity index (χ0v) is 17.8. The van der Waals surface area contributed by atoms with Crippen LogP contribution in [0.15, 0.2) is 72.8 Å². The summed E-state index contributed by atoms with van der Waals surface area (Å²) in [5.41, 5.74) is 3.25. The zero-order chi connectivity index (χ0) is 22.5. The highest BCUT2D eigenvalue weighted by molar-refractivity contribution is 5.99. The Morgan fingerprint density at radius 2 is 1.78 bits per heavy atom. The van der Waals surface area contributed by atoms with Crippen LogP contribution in [0.5, 0.6) is 5.75 Å². The van der Waals surface area contributed by atoms with E-state index in [1.165, 1.54) is 6.92 Å². The molecule has 0 bridgehead atoms. The predicted octanol–water partition coefficient (Wildman–Crippen LogP) is 4.81. The molecule has 0 aliphatic carbocycles. The van der Waals surface area contributed by atoms with Gasteiger partial charge in [0.1, 0.15) is 11.6 Å². The number of esters is 1. The van der Waals surface area contributed by atoms with Gasteiger partial charge in [-0.15, -0.1) is 0 Å². The molecule has 0 radical (unpaired) electrons. The maximum Gasteiger partial charge on any atom is 0.338 e. The van der Waals surface area contributed by atoms with Crippen molar-refractivity contribution in [3.05, 3.63) is 78.4 Å². The highest BCUT2D eigenvalue weighted by atomic mass is 16.5. The maximum atomic E-state index is 12.6. The van der Waals surface area contributed by atoms with E-state index in [4.69, 9.17) is 9.47 Å². The summed E-state index contributed by atoms with van der Waals surface area (Å²) in [7, 11) is 0. The highest BCUT2D eigenvalue weighted by Crippen LogP contribution is 2.24. The summed E-state index contributed by atoms with van der Waals surface area (Å²) in [5, 5.41) is 2.75. The molecule has 3 aromatic carbocycles. The summed E-state index contributed by atoms with van der Waals surface area (Å²) >= 11 is 0. The van der Waals surface area contributed by atoms with Crippen LogP contribution in [0.4, 0.5) is 5.69 Å². The van der Waals surface area contributed by atoms with E-state index in [0.29, 0.717) is 34.9 Å². The number of imidazole rings is 1. The van der Waals surface area contributed by atoms with Gasteiger partial charge in [-0.3, -0.25) is 4.79 Å². The summed E-state index contributed by atoms with van der Waals surface area (Å²) in [6.07, 6.45) is -0.991. The van der Waals surface area contributed by atoms with Crippen LogP contribution >= 0.6 is 0 Å². The number of para-hydroxylation sites is 2. The van der Waals surface area contributed by atoms with Crippen LogP contribution in [-0.4, -0.2) is 34.6 Å². The fourth-order valence-corrected chi connectivity index (χ4v) is 3.24. The van der Waals surface area contributed by atoms with E-state index in [9.17, 15) is 9.59 Å². The Morgan fingerprint density at radius 3 is 2.56 bits per heavy atom. The zero-order valence-electron chi connectivity index (χ0n) is 17.8.